The average molecular weight is 350 g/mol. The molecular formula is C18H25FN3O3. The number of nitrogens with two attached hydrogens (primary N) is 1. The molecule has 7 heteroatoms. The van der Waals surface area contributed by atoms with Gasteiger partial charge in [-0.2, -0.15) is 0 Å². The van der Waals surface area contributed by atoms with E-state index < -0.39 is 5.91 Å². The van der Waals surface area contributed by atoms with Crippen molar-refractivity contribution >= 4 is 11.8 Å². The van der Waals surface area contributed by atoms with E-state index in [-0.39, 0.29) is 23.7 Å². The molecule has 1 fully saturated rings. The zero-order valence-electron chi connectivity index (χ0n) is 14.4. The Kier molecular flexibility index (Phi) is 7.33. The number of ether oxygens (including phenoxy) is 1. The first-order chi connectivity index (χ1) is 11.9. The zero-order valence-corrected chi connectivity index (χ0v) is 14.4. The van der Waals surface area contributed by atoms with Crippen molar-refractivity contribution in [3.63, 3.8) is 0 Å². The number of nitrogens with one attached hydrogen (secondary N) is 1. The van der Waals surface area contributed by atoms with Gasteiger partial charge in [-0.15, -0.1) is 0 Å². The number of morpholine rings is 1. The monoisotopic (exact) mass is 350 g/mol. The van der Waals surface area contributed by atoms with Crippen LogP contribution < -0.4 is 11.1 Å². The van der Waals surface area contributed by atoms with Gasteiger partial charge in [0.05, 0.1) is 19.1 Å². The Labute approximate surface area is 147 Å². The predicted molar refractivity (Wildman–Crippen MR) is 91.7 cm³/mol. The number of amides is 2. The summed E-state index contributed by atoms with van der Waals surface area (Å²) in [5.41, 5.74) is 6.20. The fourth-order valence-electron chi connectivity index (χ4n) is 2.58. The molecule has 0 aliphatic carbocycles. The number of rotatable bonds is 8. The molecular weight excluding hydrogens is 325 g/mol. The summed E-state index contributed by atoms with van der Waals surface area (Å²) in [5, 5.41) is 2.79. The number of nitrogens with zero attached hydrogens (tertiary/aromatic N) is 1. The summed E-state index contributed by atoms with van der Waals surface area (Å²) in [6.45, 7) is 4.88. The lowest BCUT2D eigenvalue weighted by Gasteiger charge is -2.33. The standard InChI is InChI=1S/C18H25FN3O3/c1-13(18(20)24)2-7-17(23)21-10-16-12-22(8-9-25-16)11-14-3-5-15(19)6-4-14/h3-7,13,16H,2,8-12H2,1H3,(H2,20,24)(H,21,23)/t13?,16-/m0/s1. The van der Waals surface area contributed by atoms with Gasteiger partial charge in [-0.1, -0.05) is 19.1 Å². The Morgan fingerprint density at radius 1 is 1.44 bits per heavy atom. The van der Waals surface area contributed by atoms with Gasteiger partial charge >= 0.3 is 0 Å². The van der Waals surface area contributed by atoms with Crippen molar-refractivity contribution in [3.8, 4) is 0 Å². The Morgan fingerprint density at radius 2 is 2.16 bits per heavy atom. The zero-order chi connectivity index (χ0) is 18.2. The Balaban J connectivity index is 1.71. The van der Waals surface area contributed by atoms with Crippen molar-refractivity contribution < 1.29 is 18.7 Å². The molecule has 1 unspecified atom stereocenters. The molecule has 0 aromatic heterocycles. The quantitative estimate of drug-likeness (QED) is 0.728. The molecule has 1 heterocycles. The third-order valence-corrected chi connectivity index (χ3v) is 4.19. The number of carbonyl (C=O) groups excluding carboxylic acids is 2. The summed E-state index contributed by atoms with van der Waals surface area (Å²) >= 11 is 0. The average Bonchev–Trinajstić information content (AvgIpc) is 2.60. The van der Waals surface area contributed by atoms with Crippen molar-refractivity contribution in [1.82, 2.24) is 10.2 Å². The fourth-order valence-corrected chi connectivity index (χ4v) is 2.58. The highest BCUT2D eigenvalue weighted by atomic mass is 19.1. The second-order valence-electron chi connectivity index (χ2n) is 6.34. The highest BCUT2D eigenvalue weighted by molar-refractivity contribution is 5.86. The first kappa shape index (κ1) is 19.3. The molecule has 0 spiro atoms. The van der Waals surface area contributed by atoms with Crippen LogP contribution in [0.15, 0.2) is 24.3 Å². The Bertz CT molecular complexity index is 579. The van der Waals surface area contributed by atoms with Gasteiger partial charge in [0, 0.05) is 32.1 Å². The molecule has 2 rings (SSSR count). The minimum absolute atomic E-state index is 0.0971. The van der Waals surface area contributed by atoms with Gasteiger partial charge in [-0.3, -0.25) is 14.5 Å². The summed E-state index contributed by atoms with van der Waals surface area (Å²) < 4.78 is 18.6. The highest BCUT2D eigenvalue weighted by Crippen LogP contribution is 2.11. The molecule has 2 amide bonds. The Hall–Kier alpha value is -1.99. The smallest absolute Gasteiger partial charge is 0.224 e. The van der Waals surface area contributed by atoms with E-state index in [0.29, 0.717) is 26.1 Å². The molecule has 0 bridgehead atoms. The number of carbonyl (C=O) groups is 2. The van der Waals surface area contributed by atoms with Crippen LogP contribution in [0.3, 0.4) is 0 Å². The molecule has 137 valence electrons. The lowest BCUT2D eigenvalue weighted by molar-refractivity contribution is -0.121. The van der Waals surface area contributed by atoms with E-state index in [4.69, 9.17) is 10.5 Å². The first-order valence-electron chi connectivity index (χ1n) is 8.43. The van der Waals surface area contributed by atoms with Gasteiger partial charge in [-0.05, 0) is 24.1 Å². The van der Waals surface area contributed by atoms with Crippen molar-refractivity contribution in [1.29, 1.82) is 0 Å². The third-order valence-electron chi connectivity index (χ3n) is 4.19. The number of benzene rings is 1. The van der Waals surface area contributed by atoms with Crippen molar-refractivity contribution in [2.24, 2.45) is 11.7 Å². The van der Waals surface area contributed by atoms with Crippen molar-refractivity contribution in [2.45, 2.75) is 26.0 Å². The summed E-state index contributed by atoms with van der Waals surface area (Å²) in [6, 6.07) is 6.46. The van der Waals surface area contributed by atoms with Gasteiger partial charge in [0.25, 0.3) is 0 Å². The topological polar surface area (TPSA) is 84.7 Å². The summed E-state index contributed by atoms with van der Waals surface area (Å²) in [6.07, 6.45) is 1.66. The normalized spacial score (nSPS) is 19.4. The van der Waals surface area contributed by atoms with Crippen LogP contribution in [0.1, 0.15) is 18.9 Å². The highest BCUT2D eigenvalue weighted by Gasteiger charge is 2.21. The van der Waals surface area contributed by atoms with Crippen LogP contribution in [0.25, 0.3) is 0 Å². The minimum Gasteiger partial charge on any atom is -0.374 e. The number of primary amides is 1. The maximum atomic E-state index is 13.0. The summed E-state index contributed by atoms with van der Waals surface area (Å²) in [5.74, 6) is -1.25. The predicted octanol–water partition coefficient (Wildman–Crippen LogP) is 0.858. The molecule has 2 atom stereocenters. The van der Waals surface area contributed by atoms with Crippen LogP contribution >= 0.6 is 0 Å². The summed E-state index contributed by atoms with van der Waals surface area (Å²) in [4.78, 5) is 25.0. The number of hydrogen-bond acceptors (Lipinski definition) is 4. The lowest BCUT2D eigenvalue weighted by atomic mass is 10.1. The molecule has 6 nitrogen and oxygen atoms in total. The van der Waals surface area contributed by atoms with Crippen LogP contribution in [-0.4, -0.2) is 49.1 Å². The second-order valence-corrected chi connectivity index (χ2v) is 6.34. The van der Waals surface area contributed by atoms with Gasteiger partial charge < -0.3 is 15.8 Å². The van der Waals surface area contributed by atoms with E-state index in [1.165, 1.54) is 18.6 Å². The fraction of sp³-hybridized carbons (Fsp3) is 0.500. The molecule has 1 radical (unpaired) electrons. The molecule has 1 saturated heterocycles. The SMILES string of the molecule is CC(C[CH]C(=O)NC[C@H]1CN(Cc2ccc(F)cc2)CCO1)C(N)=O. The minimum atomic E-state index is -0.420. The Morgan fingerprint density at radius 3 is 2.84 bits per heavy atom. The van der Waals surface area contributed by atoms with Crippen LogP contribution in [0.5, 0.6) is 0 Å². The summed E-state index contributed by atoms with van der Waals surface area (Å²) in [7, 11) is 0. The number of halogens is 1. The maximum Gasteiger partial charge on any atom is 0.224 e. The number of hydrogen-bond donors (Lipinski definition) is 2. The second kappa shape index (κ2) is 9.48. The largest absolute Gasteiger partial charge is 0.374 e. The third kappa shape index (κ3) is 6.80. The van der Waals surface area contributed by atoms with E-state index in [0.717, 1.165) is 18.7 Å². The van der Waals surface area contributed by atoms with Gasteiger partial charge in [0.15, 0.2) is 0 Å². The van der Waals surface area contributed by atoms with Crippen molar-refractivity contribution in [3.05, 3.63) is 42.1 Å². The maximum absolute atomic E-state index is 13.0. The van der Waals surface area contributed by atoms with Crippen molar-refractivity contribution in [2.75, 3.05) is 26.2 Å². The van der Waals surface area contributed by atoms with Gasteiger partial charge in [-0.25, -0.2) is 4.39 Å². The van der Waals surface area contributed by atoms with E-state index >= 15 is 0 Å². The van der Waals surface area contributed by atoms with Crippen LogP contribution in [-0.2, 0) is 20.9 Å². The molecule has 0 saturated carbocycles. The lowest BCUT2D eigenvalue weighted by Crippen LogP contribution is -2.47. The van der Waals surface area contributed by atoms with E-state index in [1.807, 2.05) is 0 Å². The van der Waals surface area contributed by atoms with Crippen LogP contribution in [0.2, 0.25) is 0 Å². The molecule has 3 N–H and O–H groups in total. The van der Waals surface area contributed by atoms with Crippen LogP contribution in [0.4, 0.5) is 4.39 Å². The molecule has 25 heavy (non-hydrogen) atoms. The van der Waals surface area contributed by atoms with Gasteiger partial charge in [0.2, 0.25) is 11.8 Å². The molecule has 1 aromatic rings. The molecule has 1 aromatic carbocycles. The van der Waals surface area contributed by atoms with Gasteiger partial charge in [0.1, 0.15) is 5.82 Å². The first-order valence-corrected chi connectivity index (χ1v) is 8.43. The van der Waals surface area contributed by atoms with E-state index in [9.17, 15) is 14.0 Å². The molecule has 1 aliphatic rings. The van der Waals surface area contributed by atoms with Crippen LogP contribution in [0, 0.1) is 18.2 Å². The van der Waals surface area contributed by atoms with E-state index in [2.05, 4.69) is 10.2 Å². The van der Waals surface area contributed by atoms with E-state index in [1.54, 1.807) is 19.1 Å². The molecule has 1 aliphatic heterocycles.